The second kappa shape index (κ2) is 8.10. The Balaban J connectivity index is 1.40. The zero-order valence-electron chi connectivity index (χ0n) is 14.4. The molecule has 1 amide bonds. The molecule has 5 heteroatoms. The summed E-state index contributed by atoms with van der Waals surface area (Å²) in [7, 11) is 0. The van der Waals surface area contributed by atoms with Crippen LogP contribution in [0.1, 0.15) is 31.4 Å². The van der Waals surface area contributed by atoms with E-state index in [-0.39, 0.29) is 12.0 Å². The molecule has 1 saturated carbocycles. The van der Waals surface area contributed by atoms with Gasteiger partial charge < -0.3 is 14.7 Å². The van der Waals surface area contributed by atoms with Crippen LogP contribution in [0.4, 0.5) is 0 Å². The SMILES string of the molecule is C[C@@H](OCC1CC1)C(=O)N1CCN(C[C@H](O)c2ccccc2)CC1. The standard InChI is InChI=1S/C19H28N2O3/c1-15(24-14-16-7-8-16)19(23)21-11-9-20(10-12-21)13-18(22)17-5-3-2-4-6-17/h2-6,15-16,18,22H,7-14H2,1H3/t15-,18+/m1/s1. The van der Waals surface area contributed by atoms with Crippen LogP contribution in [-0.2, 0) is 9.53 Å². The first-order valence-corrected chi connectivity index (χ1v) is 8.99. The van der Waals surface area contributed by atoms with Gasteiger partial charge in [-0.3, -0.25) is 9.69 Å². The zero-order valence-corrected chi connectivity index (χ0v) is 14.4. The summed E-state index contributed by atoms with van der Waals surface area (Å²) in [6.45, 7) is 6.19. The van der Waals surface area contributed by atoms with Crippen molar-refractivity contribution in [1.29, 1.82) is 0 Å². The quantitative estimate of drug-likeness (QED) is 0.825. The number of carbonyl (C=O) groups is 1. The number of β-amino-alcohol motifs (C(OH)–C–C–N with tert-alkyl or cyclic N) is 1. The second-order valence-corrected chi connectivity index (χ2v) is 6.97. The lowest BCUT2D eigenvalue weighted by molar-refractivity contribution is -0.144. The van der Waals surface area contributed by atoms with Crippen LogP contribution in [0, 0.1) is 5.92 Å². The van der Waals surface area contributed by atoms with E-state index >= 15 is 0 Å². The molecule has 0 radical (unpaired) electrons. The number of nitrogens with zero attached hydrogens (tertiary/aromatic N) is 2. The summed E-state index contributed by atoms with van der Waals surface area (Å²) < 4.78 is 5.69. The largest absolute Gasteiger partial charge is 0.387 e. The van der Waals surface area contributed by atoms with E-state index in [1.54, 1.807) is 0 Å². The highest BCUT2D eigenvalue weighted by atomic mass is 16.5. The predicted octanol–water partition coefficient (Wildman–Crippen LogP) is 1.68. The highest BCUT2D eigenvalue weighted by molar-refractivity contribution is 5.80. The molecule has 0 unspecified atom stereocenters. The minimum atomic E-state index is -0.478. The molecule has 1 aromatic carbocycles. The Hall–Kier alpha value is -1.43. The molecule has 132 valence electrons. The van der Waals surface area contributed by atoms with Crippen molar-refractivity contribution in [3.63, 3.8) is 0 Å². The van der Waals surface area contributed by atoms with Crippen molar-refractivity contribution >= 4 is 5.91 Å². The topological polar surface area (TPSA) is 53.0 Å². The smallest absolute Gasteiger partial charge is 0.251 e. The summed E-state index contributed by atoms with van der Waals surface area (Å²) in [5.74, 6) is 0.774. The third-order valence-electron chi connectivity index (χ3n) is 4.93. The zero-order chi connectivity index (χ0) is 16.9. The van der Waals surface area contributed by atoms with Crippen LogP contribution in [0.15, 0.2) is 30.3 Å². The van der Waals surface area contributed by atoms with Gasteiger partial charge in [-0.05, 0) is 31.2 Å². The van der Waals surface area contributed by atoms with Crippen molar-refractivity contribution in [3.05, 3.63) is 35.9 Å². The van der Waals surface area contributed by atoms with Gasteiger partial charge >= 0.3 is 0 Å². The summed E-state index contributed by atoms with van der Waals surface area (Å²) in [6, 6.07) is 9.73. The van der Waals surface area contributed by atoms with Crippen molar-refractivity contribution < 1.29 is 14.6 Å². The molecule has 2 atom stereocenters. The van der Waals surface area contributed by atoms with E-state index in [0.29, 0.717) is 25.6 Å². The van der Waals surface area contributed by atoms with Crippen LogP contribution in [0.5, 0.6) is 0 Å². The maximum absolute atomic E-state index is 12.4. The van der Waals surface area contributed by atoms with Crippen molar-refractivity contribution in [2.45, 2.75) is 32.0 Å². The van der Waals surface area contributed by atoms with Gasteiger partial charge in [-0.2, -0.15) is 0 Å². The average molecular weight is 332 g/mol. The number of ether oxygens (including phenoxy) is 1. The Labute approximate surface area is 144 Å². The van der Waals surface area contributed by atoms with Crippen LogP contribution >= 0.6 is 0 Å². The van der Waals surface area contributed by atoms with Gasteiger partial charge in [0.1, 0.15) is 6.10 Å². The van der Waals surface area contributed by atoms with Gasteiger partial charge in [-0.25, -0.2) is 0 Å². The van der Waals surface area contributed by atoms with Gasteiger partial charge in [-0.15, -0.1) is 0 Å². The summed E-state index contributed by atoms with van der Waals surface area (Å²) in [5, 5.41) is 10.3. The van der Waals surface area contributed by atoms with E-state index in [4.69, 9.17) is 4.74 Å². The summed E-state index contributed by atoms with van der Waals surface area (Å²) >= 11 is 0. The highest BCUT2D eigenvalue weighted by Gasteiger charge is 2.28. The van der Waals surface area contributed by atoms with Crippen molar-refractivity contribution in [3.8, 4) is 0 Å². The fourth-order valence-electron chi connectivity index (χ4n) is 3.07. The molecule has 0 bridgehead atoms. The number of carbonyl (C=O) groups excluding carboxylic acids is 1. The number of aliphatic hydroxyl groups excluding tert-OH is 1. The first-order valence-electron chi connectivity index (χ1n) is 8.99. The van der Waals surface area contributed by atoms with Gasteiger partial charge in [0, 0.05) is 32.7 Å². The first kappa shape index (κ1) is 17.4. The molecule has 1 aliphatic heterocycles. The van der Waals surface area contributed by atoms with Gasteiger partial charge in [-0.1, -0.05) is 30.3 Å². The molecule has 24 heavy (non-hydrogen) atoms. The van der Waals surface area contributed by atoms with Gasteiger partial charge in [0.15, 0.2) is 0 Å². The van der Waals surface area contributed by atoms with Gasteiger partial charge in [0.25, 0.3) is 5.91 Å². The Morgan fingerprint density at radius 2 is 1.88 bits per heavy atom. The number of hydrogen-bond donors (Lipinski definition) is 1. The normalized spacial score (nSPS) is 21.5. The van der Waals surface area contributed by atoms with Crippen LogP contribution in [-0.4, -0.2) is 66.2 Å². The van der Waals surface area contributed by atoms with E-state index in [0.717, 1.165) is 25.3 Å². The maximum atomic E-state index is 12.4. The van der Waals surface area contributed by atoms with E-state index in [2.05, 4.69) is 4.90 Å². The fraction of sp³-hybridized carbons (Fsp3) is 0.632. The maximum Gasteiger partial charge on any atom is 0.251 e. The number of aliphatic hydroxyl groups is 1. The molecule has 1 heterocycles. The number of rotatable bonds is 7. The van der Waals surface area contributed by atoms with Gasteiger partial charge in [0.2, 0.25) is 0 Å². The molecule has 0 aromatic heterocycles. The third-order valence-corrected chi connectivity index (χ3v) is 4.93. The van der Waals surface area contributed by atoms with E-state index in [9.17, 15) is 9.90 Å². The molecule has 0 spiro atoms. The first-order chi connectivity index (χ1) is 11.6. The molecule has 3 rings (SSSR count). The lowest BCUT2D eigenvalue weighted by Gasteiger charge is -2.36. The summed E-state index contributed by atoms with van der Waals surface area (Å²) in [4.78, 5) is 16.5. The Kier molecular flexibility index (Phi) is 5.87. The fourth-order valence-corrected chi connectivity index (χ4v) is 3.07. The van der Waals surface area contributed by atoms with Crippen molar-refractivity contribution in [2.24, 2.45) is 5.92 Å². The molecule has 1 aliphatic carbocycles. The molecule has 1 saturated heterocycles. The van der Waals surface area contributed by atoms with E-state index in [1.165, 1.54) is 12.8 Å². The van der Waals surface area contributed by atoms with E-state index in [1.807, 2.05) is 42.2 Å². The highest BCUT2D eigenvalue weighted by Crippen LogP contribution is 2.29. The molecule has 1 N–H and O–H groups in total. The molecular formula is C19H28N2O3. The minimum Gasteiger partial charge on any atom is -0.387 e. The lowest BCUT2D eigenvalue weighted by Crippen LogP contribution is -2.52. The predicted molar refractivity (Wildman–Crippen MR) is 92.6 cm³/mol. The average Bonchev–Trinajstić information content (AvgIpc) is 3.45. The molecule has 2 aliphatic rings. The van der Waals surface area contributed by atoms with Crippen LogP contribution in [0.3, 0.4) is 0 Å². The lowest BCUT2D eigenvalue weighted by atomic mass is 10.1. The molecule has 5 nitrogen and oxygen atoms in total. The van der Waals surface area contributed by atoms with Crippen molar-refractivity contribution in [2.75, 3.05) is 39.3 Å². The van der Waals surface area contributed by atoms with Gasteiger partial charge in [0.05, 0.1) is 12.7 Å². The third kappa shape index (κ3) is 4.79. The number of hydrogen-bond acceptors (Lipinski definition) is 4. The van der Waals surface area contributed by atoms with Crippen LogP contribution < -0.4 is 0 Å². The minimum absolute atomic E-state index is 0.0962. The number of benzene rings is 1. The molecular weight excluding hydrogens is 304 g/mol. The van der Waals surface area contributed by atoms with Crippen LogP contribution in [0.25, 0.3) is 0 Å². The summed E-state index contributed by atoms with van der Waals surface area (Å²) in [5.41, 5.74) is 0.943. The summed E-state index contributed by atoms with van der Waals surface area (Å²) in [6.07, 6.45) is 1.66. The van der Waals surface area contributed by atoms with E-state index < -0.39 is 6.10 Å². The van der Waals surface area contributed by atoms with Crippen LogP contribution in [0.2, 0.25) is 0 Å². The monoisotopic (exact) mass is 332 g/mol. The number of amides is 1. The number of piperazine rings is 1. The van der Waals surface area contributed by atoms with Crippen molar-refractivity contribution in [1.82, 2.24) is 9.80 Å². The molecule has 1 aromatic rings. The molecule has 2 fully saturated rings. The Morgan fingerprint density at radius 3 is 2.50 bits per heavy atom. The Morgan fingerprint density at radius 1 is 1.21 bits per heavy atom. The second-order valence-electron chi connectivity index (χ2n) is 6.97. The Bertz CT molecular complexity index is 525.